The number of amides is 1. The largest absolute Gasteiger partial charge is 0.433 e. The van der Waals surface area contributed by atoms with Crippen LogP contribution in [0, 0.1) is 12.8 Å². The molecule has 1 rings (SSSR count). The van der Waals surface area contributed by atoms with Crippen LogP contribution in [-0.2, 0) is 6.18 Å². The van der Waals surface area contributed by atoms with Gasteiger partial charge in [0.1, 0.15) is 5.69 Å². The monoisotopic (exact) mass is 317 g/mol. The summed E-state index contributed by atoms with van der Waals surface area (Å²) in [4.78, 5) is 15.8. The van der Waals surface area contributed by atoms with Crippen LogP contribution < -0.4 is 11.1 Å². The first-order chi connectivity index (χ1) is 9.98. The van der Waals surface area contributed by atoms with Crippen molar-refractivity contribution in [3.8, 4) is 0 Å². The third kappa shape index (κ3) is 4.69. The number of halogens is 3. The van der Waals surface area contributed by atoms with Crippen LogP contribution in [0.1, 0.15) is 48.9 Å². The highest BCUT2D eigenvalue weighted by Gasteiger charge is 2.33. The van der Waals surface area contributed by atoms with Crippen molar-refractivity contribution in [1.29, 1.82) is 0 Å². The Labute approximate surface area is 128 Å². The molecule has 0 spiro atoms. The Hall–Kier alpha value is -1.63. The van der Waals surface area contributed by atoms with Gasteiger partial charge < -0.3 is 11.1 Å². The SMILES string of the molecule is Cc1nc(C(F)(F)F)ccc1C(=O)NC(C)(CN)CC(C)C. The molecular weight excluding hydrogens is 295 g/mol. The van der Waals surface area contributed by atoms with Crippen LogP contribution in [0.3, 0.4) is 0 Å². The molecule has 0 aliphatic heterocycles. The van der Waals surface area contributed by atoms with E-state index in [-0.39, 0.29) is 17.8 Å². The van der Waals surface area contributed by atoms with Gasteiger partial charge in [-0.1, -0.05) is 13.8 Å². The molecule has 1 amide bonds. The average molecular weight is 317 g/mol. The number of rotatable bonds is 5. The predicted molar refractivity (Wildman–Crippen MR) is 78.4 cm³/mol. The second-order valence-electron chi connectivity index (χ2n) is 6.14. The number of nitrogens with two attached hydrogens (primary N) is 1. The molecule has 0 saturated carbocycles. The van der Waals surface area contributed by atoms with Gasteiger partial charge in [-0.15, -0.1) is 0 Å². The van der Waals surface area contributed by atoms with Crippen molar-refractivity contribution in [2.45, 2.75) is 45.8 Å². The first kappa shape index (κ1) is 18.4. The van der Waals surface area contributed by atoms with E-state index in [4.69, 9.17) is 5.73 Å². The minimum atomic E-state index is -4.52. The normalized spacial score (nSPS) is 14.8. The Morgan fingerprint density at radius 3 is 2.36 bits per heavy atom. The molecule has 1 atom stereocenters. The van der Waals surface area contributed by atoms with Crippen LogP contribution in [0.5, 0.6) is 0 Å². The van der Waals surface area contributed by atoms with Gasteiger partial charge in [0.25, 0.3) is 5.91 Å². The number of hydrogen-bond donors (Lipinski definition) is 2. The number of aromatic nitrogens is 1. The Kier molecular flexibility index (Phi) is 5.56. The number of aryl methyl sites for hydroxylation is 1. The van der Waals surface area contributed by atoms with Gasteiger partial charge in [-0.25, -0.2) is 4.98 Å². The Balaban J connectivity index is 2.99. The predicted octanol–water partition coefficient (Wildman–Crippen LogP) is 2.90. The molecule has 1 aromatic rings. The number of pyridine rings is 1. The lowest BCUT2D eigenvalue weighted by Crippen LogP contribution is -2.52. The molecule has 1 aromatic heterocycles. The van der Waals surface area contributed by atoms with Crippen LogP contribution in [0.15, 0.2) is 12.1 Å². The van der Waals surface area contributed by atoms with Crippen LogP contribution in [0.4, 0.5) is 13.2 Å². The molecule has 0 bridgehead atoms. The molecule has 0 aliphatic carbocycles. The summed E-state index contributed by atoms with van der Waals surface area (Å²) >= 11 is 0. The van der Waals surface area contributed by atoms with E-state index in [0.29, 0.717) is 12.3 Å². The highest BCUT2D eigenvalue weighted by atomic mass is 19.4. The second-order valence-corrected chi connectivity index (χ2v) is 6.14. The molecular formula is C15H22F3N3O. The van der Waals surface area contributed by atoms with Gasteiger partial charge in [-0.3, -0.25) is 4.79 Å². The van der Waals surface area contributed by atoms with Crippen LogP contribution in [0.2, 0.25) is 0 Å². The Bertz CT molecular complexity index is 543. The van der Waals surface area contributed by atoms with Crippen LogP contribution in [-0.4, -0.2) is 23.0 Å². The molecule has 22 heavy (non-hydrogen) atoms. The van der Waals surface area contributed by atoms with Gasteiger partial charge in [0.2, 0.25) is 0 Å². The van der Waals surface area contributed by atoms with Crippen LogP contribution >= 0.6 is 0 Å². The van der Waals surface area contributed by atoms with Crippen molar-refractivity contribution in [3.63, 3.8) is 0 Å². The molecule has 0 radical (unpaired) electrons. The van der Waals surface area contributed by atoms with E-state index in [1.807, 2.05) is 20.8 Å². The van der Waals surface area contributed by atoms with Gasteiger partial charge >= 0.3 is 6.18 Å². The third-order valence-corrected chi connectivity index (χ3v) is 3.35. The summed E-state index contributed by atoms with van der Waals surface area (Å²) in [7, 11) is 0. The quantitative estimate of drug-likeness (QED) is 0.877. The zero-order chi connectivity index (χ0) is 17.1. The third-order valence-electron chi connectivity index (χ3n) is 3.35. The minimum absolute atomic E-state index is 0.0382. The van der Waals surface area contributed by atoms with E-state index in [1.165, 1.54) is 6.92 Å². The van der Waals surface area contributed by atoms with Crippen molar-refractivity contribution in [2.75, 3.05) is 6.54 Å². The fourth-order valence-electron chi connectivity index (χ4n) is 2.39. The number of nitrogens with one attached hydrogen (secondary N) is 1. The van der Waals surface area contributed by atoms with Gasteiger partial charge in [-0.2, -0.15) is 13.2 Å². The number of nitrogens with zero attached hydrogens (tertiary/aromatic N) is 1. The van der Waals surface area contributed by atoms with Crippen molar-refractivity contribution < 1.29 is 18.0 Å². The zero-order valence-corrected chi connectivity index (χ0v) is 13.2. The summed E-state index contributed by atoms with van der Waals surface area (Å²) in [5.41, 5.74) is 4.26. The lowest BCUT2D eigenvalue weighted by atomic mass is 9.90. The first-order valence-corrected chi connectivity index (χ1v) is 7.06. The lowest BCUT2D eigenvalue weighted by Gasteiger charge is -2.31. The maximum Gasteiger partial charge on any atom is 0.433 e. The minimum Gasteiger partial charge on any atom is -0.346 e. The molecule has 0 aromatic carbocycles. The van der Waals surface area contributed by atoms with Crippen LogP contribution in [0.25, 0.3) is 0 Å². The molecule has 1 unspecified atom stereocenters. The number of alkyl halides is 3. The van der Waals surface area contributed by atoms with Crippen molar-refractivity contribution >= 4 is 5.91 Å². The molecule has 7 heteroatoms. The Morgan fingerprint density at radius 1 is 1.36 bits per heavy atom. The summed E-state index contributed by atoms with van der Waals surface area (Å²) in [6.45, 7) is 7.45. The number of hydrogen-bond acceptors (Lipinski definition) is 3. The standard InChI is InChI=1S/C15H22F3N3O/c1-9(2)7-14(4,8-19)21-13(22)11-5-6-12(15(16,17)18)20-10(11)3/h5-6,9H,7-8,19H2,1-4H3,(H,21,22). The summed E-state index contributed by atoms with van der Waals surface area (Å²) < 4.78 is 37.8. The maximum atomic E-state index is 12.6. The van der Waals surface area contributed by atoms with Crippen molar-refractivity contribution in [3.05, 3.63) is 29.1 Å². The highest BCUT2D eigenvalue weighted by molar-refractivity contribution is 5.95. The molecule has 1 heterocycles. The van der Waals surface area contributed by atoms with E-state index < -0.39 is 23.3 Å². The summed E-state index contributed by atoms with van der Waals surface area (Å²) in [5.74, 6) is -0.145. The average Bonchev–Trinajstić information content (AvgIpc) is 2.36. The molecule has 0 fully saturated rings. The van der Waals surface area contributed by atoms with Crippen molar-refractivity contribution in [2.24, 2.45) is 11.7 Å². The molecule has 0 aliphatic rings. The highest BCUT2D eigenvalue weighted by Crippen LogP contribution is 2.28. The fraction of sp³-hybridized carbons (Fsp3) is 0.600. The smallest absolute Gasteiger partial charge is 0.346 e. The lowest BCUT2D eigenvalue weighted by molar-refractivity contribution is -0.141. The first-order valence-electron chi connectivity index (χ1n) is 7.06. The van der Waals surface area contributed by atoms with E-state index in [2.05, 4.69) is 10.3 Å². The summed E-state index contributed by atoms with van der Waals surface area (Å²) in [6.07, 6.45) is -3.86. The van der Waals surface area contributed by atoms with Crippen molar-refractivity contribution in [1.82, 2.24) is 10.3 Å². The molecule has 0 saturated heterocycles. The number of carbonyl (C=O) groups excluding carboxylic acids is 1. The Morgan fingerprint density at radius 2 is 1.95 bits per heavy atom. The van der Waals surface area contributed by atoms with Gasteiger partial charge in [0.05, 0.1) is 11.3 Å². The van der Waals surface area contributed by atoms with E-state index in [0.717, 1.165) is 12.1 Å². The molecule has 4 nitrogen and oxygen atoms in total. The second kappa shape index (κ2) is 6.64. The van der Waals surface area contributed by atoms with Gasteiger partial charge in [-0.05, 0) is 38.3 Å². The maximum absolute atomic E-state index is 12.6. The summed E-state index contributed by atoms with van der Waals surface area (Å²) in [6, 6.07) is 1.96. The van der Waals surface area contributed by atoms with E-state index >= 15 is 0 Å². The summed E-state index contributed by atoms with van der Waals surface area (Å²) in [5, 5.41) is 2.80. The van der Waals surface area contributed by atoms with E-state index in [9.17, 15) is 18.0 Å². The van der Waals surface area contributed by atoms with Gasteiger partial charge in [0.15, 0.2) is 0 Å². The number of carbonyl (C=O) groups is 1. The molecule has 124 valence electrons. The zero-order valence-electron chi connectivity index (χ0n) is 13.2. The van der Waals surface area contributed by atoms with Gasteiger partial charge in [0, 0.05) is 12.1 Å². The van der Waals surface area contributed by atoms with E-state index in [1.54, 1.807) is 0 Å². The molecule has 3 N–H and O–H groups in total. The fourth-order valence-corrected chi connectivity index (χ4v) is 2.39. The topological polar surface area (TPSA) is 68.0 Å².